The first-order valence-electron chi connectivity index (χ1n) is 6.63. The first kappa shape index (κ1) is 16.7. The van der Waals surface area contributed by atoms with Crippen molar-refractivity contribution in [3.8, 4) is 0 Å². The maximum absolute atomic E-state index is 6.13. The Balaban J connectivity index is 2.34. The molecule has 1 unspecified atom stereocenters. The van der Waals surface area contributed by atoms with E-state index in [-0.39, 0.29) is 6.04 Å². The van der Waals surface area contributed by atoms with Gasteiger partial charge >= 0.3 is 0 Å². The van der Waals surface area contributed by atoms with Gasteiger partial charge in [-0.05, 0) is 37.6 Å². The third kappa shape index (κ3) is 4.41. The fraction of sp³-hybridized carbons (Fsp3) is 0.400. The highest BCUT2D eigenvalue weighted by atomic mass is 35.5. The normalized spacial score (nSPS) is 12.6. The van der Waals surface area contributed by atoms with E-state index in [4.69, 9.17) is 27.9 Å². The van der Waals surface area contributed by atoms with Crippen molar-refractivity contribution in [2.45, 2.75) is 19.9 Å². The van der Waals surface area contributed by atoms with E-state index in [0.29, 0.717) is 16.7 Å². The summed E-state index contributed by atoms with van der Waals surface area (Å²) < 4.78 is 5.11. The summed E-state index contributed by atoms with van der Waals surface area (Å²) in [6, 6.07) is 5.54. The van der Waals surface area contributed by atoms with E-state index in [1.54, 1.807) is 24.5 Å². The van der Waals surface area contributed by atoms with E-state index in [2.05, 4.69) is 17.2 Å². The molecular weight excluding hydrogens is 327 g/mol. The Hall–Kier alpha value is -0.650. The number of rotatable bonds is 6. The minimum atomic E-state index is -0.0336. The SMILES string of the molecule is COCCNC(c1cc(Cl)cc(Cl)c1)c1nc(C)c(C)s1. The van der Waals surface area contributed by atoms with Crippen LogP contribution in [-0.4, -0.2) is 25.2 Å². The quantitative estimate of drug-likeness (QED) is 0.789. The van der Waals surface area contributed by atoms with Crippen molar-refractivity contribution in [1.29, 1.82) is 0 Å². The van der Waals surface area contributed by atoms with Crippen LogP contribution in [0, 0.1) is 13.8 Å². The van der Waals surface area contributed by atoms with Crippen molar-refractivity contribution in [3.05, 3.63) is 49.4 Å². The van der Waals surface area contributed by atoms with Crippen LogP contribution in [-0.2, 0) is 4.74 Å². The van der Waals surface area contributed by atoms with Crippen LogP contribution >= 0.6 is 34.5 Å². The molecule has 3 nitrogen and oxygen atoms in total. The van der Waals surface area contributed by atoms with Gasteiger partial charge in [-0.2, -0.15) is 0 Å². The third-order valence-corrected chi connectivity index (χ3v) is 4.74. The van der Waals surface area contributed by atoms with Crippen molar-refractivity contribution in [1.82, 2.24) is 10.3 Å². The molecule has 0 aliphatic rings. The summed E-state index contributed by atoms with van der Waals surface area (Å²) in [5.41, 5.74) is 2.07. The second kappa shape index (κ2) is 7.56. The molecule has 114 valence electrons. The zero-order valence-electron chi connectivity index (χ0n) is 12.2. The van der Waals surface area contributed by atoms with Crippen molar-refractivity contribution >= 4 is 34.5 Å². The number of nitrogens with one attached hydrogen (secondary N) is 1. The number of methoxy groups -OCH3 is 1. The van der Waals surface area contributed by atoms with Gasteiger partial charge in [-0.1, -0.05) is 23.2 Å². The molecule has 1 atom stereocenters. The van der Waals surface area contributed by atoms with Gasteiger partial charge in [0.2, 0.25) is 0 Å². The fourth-order valence-electron chi connectivity index (χ4n) is 2.02. The van der Waals surface area contributed by atoms with Gasteiger partial charge in [-0.15, -0.1) is 11.3 Å². The minimum absolute atomic E-state index is 0.0336. The summed E-state index contributed by atoms with van der Waals surface area (Å²) >= 11 is 13.9. The highest BCUT2D eigenvalue weighted by molar-refractivity contribution is 7.11. The third-order valence-electron chi connectivity index (χ3n) is 3.16. The van der Waals surface area contributed by atoms with Crippen LogP contribution in [0.1, 0.15) is 27.2 Å². The molecule has 21 heavy (non-hydrogen) atoms. The van der Waals surface area contributed by atoms with E-state index in [1.807, 2.05) is 19.1 Å². The van der Waals surface area contributed by atoms with Crippen LogP contribution < -0.4 is 5.32 Å². The number of hydrogen-bond donors (Lipinski definition) is 1. The number of benzene rings is 1. The standard InChI is InChI=1S/C15H18Cl2N2OS/c1-9-10(2)21-15(19-9)14(18-4-5-20-3)11-6-12(16)8-13(17)7-11/h6-8,14,18H,4-5H2,1-3H3. The van der Waals surface area contributed by atoms with Gasteiger partial charge < -0.3 is 10.1 Å². The summed E-state index contributed by atoms with van der Waals surface area (Å²) in [6.07, 6.45) is 0. The lowest BCUT2D eigenvalue weighted by Gasteiger charge is -2.17. The lowest BCUT2D eigenvalue weighted by atomic mass is 10.1. The first-order chi connectivity index (χ1) is 10.0. The van der Waals surface area contributed by atoms with Gasteiger partial charge in [0, 0.05) is 28.6 Å². The monoisotopic (exact) mass is 344 g/mol. The summed E-state index contributed by atoms with van der Waals surface area (Å²) in [5, 5.41) is 5.72. The Morgan fingerprint density at radius 2 is 1.90 bits per heavy atom. The molecule has 0 spiro atoms. The summed E-state index contributed by atoms with van der Waals surface area (Å²) in [5.74, 6) is 0. The molecule has 0 saturated heterocycles. The molecule has 0 radical (unpaired) electrons. The smallest absolute Gasteiger partial charge is 0.115 e. The molecule has 0 bridgehead atoms. The molecule has 1 aromatic carbocycles. The average molecular weight is 345 g/mol. The van der Waals surface area contributed by atoms with Crippen LogP contribution in [0.3, 0.4) is 0 Å². The number of thiazole rings is 1. The molecular formula is C15H18Cl2N2OS. The predicted molar refractivity (Wildman–Crippen MR) is 89.8 cm³/mol. The topological polar surface area (TPSA) is 34.1 Å². The number of aromatic nitrogens is 1. The van der Waals surface area contributed by atoms with Gasteiger partial charge in [0.05, 0.1) is 18.3 Å². The predicted octanol–water partition coefficient (Wildman–Crippen LogP) is 4.39. The van der Waals surface area contributed by atoms with Crippen molar-refractivity contribution in [2.75, 3.05) is 20.3 Å². The molecule has 2 aromatic rings. The van der Waals surface area contributed by atoms with Crippen LogP contribution in [0.2, 0.25) is 10.0 Å². The van der Waals surface area contributed by atoms with Crippen molar-refractivity contribution in [2.24, 2.45) is 0 Å². The Bertz CT molecular complexity index is 576. The first-order valence-corrected chi connectivity index (χ1v) is 8.20. The average Bonchev–Trinajstić information content (AvgIpc) is 2.73. The van der Waals surface area contributed by atoms with Gasteiger partial charge in [0.1, 0.15) is 5.01 Å². The van der Waals surface area contributed by atoms with E-state index in [9.17, 15) is 0 Å². The van der Waals surface area contributed by atoms with Crippen LogP contribution in [0.4, 0.5) is 0 Å². The van der Waals surface area contributed by atoms with Gasteiger partial charge in [-0.3, -0.25) is 0 Å². The molecule has 1 heterocycles. The molecule has 0 fully saturated rings. The largest absolute Gasteiger partial charge is 0.383 e. The fourth-order valence-corrected chi connectivity index (χ4v) is 3.59. The molecule has 0 saturated carbocycles. The van der Waals surface area contributed by atoms with Crippen LogP contribution in [0.25, 0.3) is 0 Å². The highest BCUT2D eigenvalue weighted by Crippen LogP contribution is 2.31. The van der Waals surface area contributed by atoms with Crippen LogP contribution in [0.15, 0.2) is 18.2 Å². The summed E-state index contributed by atoms with van der Waals surface area (Å²) in [7, 11) is 1.69. The summed E-state index contributed by atoms with van der Waals surface area (Å²) in [6.45, 7) is 5.46. The molecule has 1 N–H and O–H groups in total. The number of aryl methyl sites for hydroxylation is 2. The highest BCUT2D eigenvalue weighted by Gasteiger charge is 2.19. The number of ether oxygens (including phenoxy) is 1. The Morgan fingerprint density at radius 1 is 1.24 bits per heavy atom. The maximum atomic E-state index is 6.13. The van der Waals surface area contributed by atoms with Gasteiger partial charge in [0.15, 0.2) is 0 Å². The van der Waals surface area contributed by atoms with Crippen molar-refractivity contribution in [3.63, 3.8) is 0 Å². The Morgan fingerprint density at radius 3 is 2.43 bits per heavy atom. The number of nitrogens with zero attached hydrogens (tertiary/aromatic N) is 1. The molecule has 2 rings (SSSR count). The maximum Gasteiger partial charge on any atom is 0.115 e. The second-order valence-electron chi connectivity index (χ2n) is 4.78. The Labute approximate surface area is 139 Å². The number of hydrogen-bond acceptors (Lipinski definition) is 4. The molecule has 1 aromatic heterocycles. The van der Waals surface area contributed by atoms with Gasteiger partial charge in [0.25, 0.3) is 0 Å². The second-order valence-corrected chi connectivity index (χ2v) is 6.88. The summed E-state index contributed by atoms with van der Waals surface area (Å²) in [4.78, 5) is 5.87. The van der Waals surface area contributed by atoms with Crippen molar-refractivity contribution < 1.29 is 4.74 Å². The van der Waals surface area contributed by atoms with Crippen LogP contribution in [0.5, 0.6) is 0 Å². The van der Waals surface area contributed by atoms with Gasteiger partial charge in [-0.25, -0.2) is 4.98 Å². The van der Waals surface area contributed by atoms with E-state index >= 15 is 0 Å². The Kier molecular flexibility index (Phi) is 6.02. The zero-order valence-corrected chi connectivity index (χ0v) is 14.6. The lowest BCUT2D eigenvalue weighted by Crippen LogP contribution is -2.26. The molecule has 0 aliphatic carbocycles. The van der Waals surface area contributed by atoms with E-state index < -0.39 is 0 Å². The molecule has 0 amide bonds. The lowest BCUT2D eigenvalue weighted by molar-refractivity contribution is 0.197. The van der Waals surface area contributed by atoms with E-state index in [0.717, 1.165) is 22.8 Å². The number of halogens is 2. The zero-order chi connectivity index (χ0) is 15.4. The molecule has 0 aliphatic heterocycles. The van der Waals surface area contributed by atoms with E-state index in [1.165, 1.54) is 4.88 Å². The minimum Gasteiger partial charge on any atom is -0.383 e. The molecule has 6 heteroatoms.